The highest BCUT2D eigenvalue weighted by Crippen LogP contribution is 2.45. The molecule has 0 saturated carbocycles. The highest BCUT2D eigenvalue weighted by molar-refractivity contribution is 6.74. The molecule has 156 valence electrons. The van der Waals surface area contributed by atoms with Gasteiger partial charge in [-0.25, -0.2) is 0 Å². The minimum Gasteiger partial charge on any atom is -0.539 e. The summed E-state index contributed by atoms with van der Waals surface area (Å²) >= 11 is 0. The van der Waals surface area contributed by atoms with Crippen molar-refractivity contribution < 1.29 is 28.6 Å². The van der Waals surface area contributed by atoms with E-state index < -0.39 is 26.5 Å². The molecule has 0 amide bonds. The van der Waals surface area contributed by atoms with E-state index >= 15 is 0 Å². The van der Waals surface area contributed by atoms with Gasteiger partial charge in [0.25, 0.3) is 8.32 Å². The number of carboxylic acids is 1. The zero-order chi connectivity index (χ0) is 21.7. The highest BCUT2D eigenvalue weighted by Gasteiger charge is 2.40. The number of allylic oxidation sites excluding steroid dienone is 2. The lowest BCUT2D eigenvalue weighted by atomic mass is 10.00. The van der Waals surface area contributed by atoms with Gasteiger partial charge in [-0.2, -0.15) is 0 Å². The monoisotopic (exact) mass is 408 g/mol. The molecule has 0 heterocycles. The van der Waals surface area contributed by atoms with Crippen molar-refractivity contribution in [2.24, 2.45) is 0 Å². The van der Waals surface area contributed by atoms with Crippen LogP contribution in [-0.2, 0) is 9.59 Å². The van der Waals surface area contributed by atoms with Gasteiger partial charge in [0, 0.05) is 0 Å². The molecular formula is C21H32O6Si. The molecule has 6 nitrogen and oxygen atoms in total. The van der Waals surface area contributed by atoms with Crippen LogP contribution in [0.1, 0.15) is 46.1 Å². The molecule has 0 spiro atoms. The Morgan fingerprint density at radius 1 is 1.11 bits per heavy atom. The maximum atomic E-state index is 11.9. The minimum atomic E-state index is -2.13. The van der Waals surface area contributed by atoms with E-state index in [4.69, 9.17) is 19.0 Å². The first-order valence-corrected chi connectivity index (χ1v) is 12.2. The van der Waals surface area contributed by atoms with Gasteiger partial charge in [0.05, 0.1) is 14.2 Å². The normalized spacial score (nSPS) is 12.5. The van der Waals surface area contributed by atoms with Crippen molar-refractivity contribution >= 4 is 25.6 Å². The third-order valence-corrected chi connectivity index (χ3v) is 9.36. The standard InChI is InChI=1S/C21H32O6Si/c1-9-14(10-16(22)13-19(23)24)15-11-17(25-5)20(18(12-15)26-6)27-28(7,8)21(2,3)4/h10-12H,9,13H2,1-8H3,(H,23,24)/b14-10+. The Bertz CT molecular complexity index is 734. The molecule has 0 fully saturated rings. The molecule has 0 atom stereocenters. The van der Waals surface area contributed by atoms with E-state index in [0.717, 1.165) is 5.56 Å². The molecule has 1 aromatic carbocycles. The van der Waals surface area contributed by atoms with Gasteiger partial charge in [-0.05, 0) is 53.9 Å². The van der Waals surface area contributed by atoms with Crippen LogP contribution in [0.15, 0.2) is 18.2 Å². The Labute approximate surface area is 168 Å². The zero-order valence-corrected chi connectivity index (χ0v) is 19.1. The van der Waals surface area contributed by atoms with Crippen LogP contribution in [0.5, 0.6) is 17.2 Å². The number of hydrogen-bond donors (Lipinski definition) is 1. The summed E-state index contributed by atoms with van der Waals surface area (Å²) < 4.78 is 17.6. The van der Waals surface area contributed by atoms with Crippen LogP contribution in [-0.4, -0.2) is 39.4 Å². The van der Waals surface area contributed by atoms with Gasteiger partial charge in [0.15, 0.2) is 23.0 Å². The zero-order valence-electron chi connectivity index (χ0n) is 18.1. The number of hydrogen-bond acceptors (Lipinski definition) is 5. The number of carbonyl (C=O) groups is 2. The van der Waals surface area contributed by atoms with Crippen molar-refractivity contribution in [3.63, 3.8) is 0 Å². The summed E-state index contributed by atoms with van der Waals surface area (Å²) in [6.45, 7) is 12.6. The van der Waals surface area contributed by atoms with Crippen LogP contribution in [0, 0.1) is 0 Å². The molecule has 1 aromatic rings. The van der Waals surface area contributed by atoms with E-state index in [0.29, 0.717) is 29.2 Å². The number of benzene rings is 1. The summed E-state index contributed by atoms with van der Waals surface area (Å²) in [6.07, 6.45) is 1.39. The first-order chi connectivity index (χ1) is 12.9. The molecule has 0 aromatic heterocycles. The molecular weight excluding hydrogens is 376 g/mol. The average Bonchev–Trinajstić information content (AvgIpc) is 2.57. The second-order valence-corrected chi connectivity index (χ2v) is 12.9. The summed E-state index contributed by atoms with van der Waals surface area (Å²) in [4.78, 5) is 22.7. The van der Waals surface area contributed by atoms with Crippen molar-refractivity contribution in [2.45, 2.75) is 58.7 Å². The molecule has 0 radical (unpaired) electrons. The van der Waals surface area contributed by atoms with Gasteiger partial charge in [0.2, 0.25) is 0 Å². The number of carboxylic acid groups (broad SMARTS) is 1. The summed E-state index contributed by atoms with van der Waals surface area (Å²) in [5.74, 6) is -0.0186. The third kappa shape index (κ3) is 5.86. The number of ketones is 1. The van der Waals surface area contributed by atoms with Gasteiger partial charge in [0.1, 0.15) is 6.42 Å². The van der Waals surface area contributed by atoms with E-state index in [1.807, 2.05) is 6.92 Å². The van der Waals surface area contributed by atoms with E-state index in [-0.39, 0.29) is 5.04 Å². The van der Waals surface area contributed by atoms with Crippen LogP contribution in [0.2, 0.25) is 18.1 Å². The Morgan fingerprint density at radius 3 is 1.96 bits per heavy atom. The molecule has 0 aliphatic carbocycles. The molecule has 7 heteroatoms. The molecule has 0 bridgehead atoms. The first-order valence-electron chi connectivity index (χ1n) is 9.26. The molecule has 0 unspecified atom stereocenters. The molecule has 28 heavy (non-hydrogen) atoms. The molecule has 0 aliphatic rings. The number of aliphatic carboxylic acids is 1. The van der Waals surface area contributed by atoms with Gasteiger partial charge in [-0.1, -0.05) is 27.7 Å². The molecule has 0 aliphatic heterocycles. The van der Waals surface area contributed by atoms with Gasteiger partial charge in [-0.3, -0.25) is 9.59 Å². The van der Waals surface area contributed by atoms with Crippen molar-refractivity contribution in [1.82, 2.24) is 0 Å². The predicted octanol–water partition coefficient (Wildman–Crippen LogP) is 4.93. The SMILES string of the molecule is CC/C(=C\C(=O)CC(=O)O)c1cc(OC)c(O[Si](C)(C)C(C)(C)C)c(OC)c1. The average molecular weight is 409 g/mol. The lowest BCUT2D eigenvalue weighted by molar-refractivity contribution is -0.139. The maximum Gasteiger partial charge on any atom is 0.311 e. The van der Waals surface area contributed by atoms with E-state index in [1.165, 1.54) is 6.08 Å². The number of carbonyl (C=O) groups excluding carboxylic acids is 1. The van der Waals surface area contributed by atoms with Crippen molar-refractivity contribution in [1.29, 1.82) is 0 Å². The Kier molecular flexibility index (Phi) is 7.87. The van der Waals surface area contributed by atoms with Crippen LogP contribution in [0.25, 0.3) is 5.57 Å². The Hall–Kier alpha value is -2.28. The van der Waals surface area contributed by atoms with Crippen molar-refractivity contribution in [3.05, 3.63) is 23.8 Å². The van der Waals surface area contributed by atoms with E-state index in [2.05, 4.69) is 33.9 Å². The first kappa shape index (κ1) is 23.8. The summed E-state index contributed by atoms with van der Waals surface area (Å²) in [5.41, 5.74) is 1.44. The van der Waals surface area contributed by atoms with Crippen LogP contribution in [0.4, 0.5) is 0 Å². The number of rotatable bonds is 9. The highest BCUT2D eigenvalue weighted by atomic mass is 28.4. The topological polar surface area (TPSA) is 82.1 Å². The maximum absolute atomic E-state index is 11.9. The van der Waals surface area contributed by atoms with Crippen LogP contribution in [0.3, 0.4) is 0 Å². The molecule has 1 rings (SSSR count). The van der Waals surface area contributed by atoms with Gasteiger partial charge in [-0.15, -0.1) is 0 Å². The molecule has 0 saturated heterocycles. The van der Waals surface area contributed by atoms with E-state index in [9.17, 15) is 9.59 Å². The third-order valence-electron chi connectivity index (χ3n) is 5.04. The minimum absolute atomic E-state index is 0.000568. The second-order valence-electron chi connectivity index (χ2n) is 8.13. The Balaban J connectivity index is 3.45. The fraction of sp³-hybridized carbons (Fsp3) is 0.524. The van der Waals surface area contributed by atoms with Gasteiger partial charge < -0.3 is 19.0 Å². The van der Waals surface area contributed by atoms with Gasteiger partial charge >= 0.3 is 5.97 Å². The van der Waals surface area contributed by atoms with Crippen molar-refractivity contribution in [3.8, 4) is 17.2 Å². The quantitative estimate of drug-likeness (QED) is 0.355. The van der Waals surface area contributed by atoms with Crippen LogP contribution < -0.4 is 13.9 Å². The predicted molar refractivity (Wildman–Crippen MR) is 113 cm³/mol. The summed E-state index contributed by atoms with van der Waals surface area (Å²) in [5, 5.41) is 8.81. The summed E-state index contributed by atoms with van der Waals surface area (Å²) in [7, 11) is 0.983. The Morgan fingerprint density at radius 2 is 1.61 bits per heavy atom. The second kappa shape index (κ2) is 9.27. The van der Waals surface area contributed by atoms with E-state index in [1.54, 1.807) is 26.4 Å². The molecule has 1 N–H and O–H groups in total. The fourth-order valence-corrected chi connectivity index (χ4v) is 3.38. The van der Waals surface area contributed by atoms with Crippen molar-refractivity contribution in [2.75, 3.05) is 14.2 Å². The number of ether oxygens (including phenoxy) is 2. The number of methoxy groups -OCH3 is 2. The fourth-order valence-electron chi connectivity index (χ4n) is 2.36. The lowest BCUT2D eigenvalue weighted by Gasteiger charge is -2.37. The largest absolute Gasteiger partial charge is 0.539 e. The van der Waals surface area contributed by atoms with Crippen LogP contribution >= 0.6 is 0 Å². The smallest absolute Gasteiger partial charge is 0.311 e. The summed E-state index contributed by atoms with van der Waals surface area (Å²) in [6, 6.07) is 3.60. The lowest BCUT2D eigenvalue weighted by Crippen LogP contribution is -2.44.